The summed E-state index contributed by atoms with van der Waals surface area (Å²) in [5.74, 6) is -2.26. The molecule has 3 N–H and O–H groups in total. The highest BCUT2D eigenvalue weighted by Gasteiger charge is 2.61. The van der Waals surface area contributed by atoms with Gasteiger partial charge in [0.05, 0.1) is 10.5 Å². The fourth-order valence-electron chi connectivity index (χ4n) is 2.65. The van der Waals surface area contributed by atoms with Crippen LogP contribution < -0.4 is 11.1 Å². The maximum atomic E-state index is 12.2. The molecule has 1 amide bonds. The van der Waals surface area contributed by atoms with Crippen molar-refractivity contribution in [3.8, 4) is 0 Å². The van der Waals surface area contributed by atoms with Crippen LogP contribution in [-0.2, 0) is 20.1 Å². The van der Waals surface area contributed by atoms with Crippen molar-refractivity contribution in [1.29, 1.82) is 0 Å². The number of benzene rings is 2. The highest BCUT2D eigenvalue weighted by molar-refractivity contribution is 6.18. The zero-order valence-electron chi connectivity index (χ0n) is 12.8. The van der Waals surface area contributed by atoms with Crippen LogP contribution in [0.1, 0.15) is 5.56 Å². The molecule has 1 heterocycles. The van der Waals surface area contributed by atoms with E-state index in [1.54, 1.807) is 48.5 Å². The summed E-state index contributed by atoms with van der Waals surface area (Å²) >= 11 is 0. The van der Waals surface area contributed by atoms with Crippen molar-refractivity contribution in [2.75, 3.05) is 5.32 Å². The quantitative estimate of drug-likeness (QED) is 0.368. The highest BCUT2D eigenvalue weighted by atomic mass is 16.7. The van der Waals surface area contributed by atoms with Crippen molar-refractivity contribution >= 4 is 17.6 Å². The molecule has 126 valence electrons. The van der Waals surface area contributed by atoms with Gasteiger partial charge in [-0.05, 0) is 24.3 Å². The zero-order chi connectivity index (χ0) is 18.0. The van der Waals surface area contributed by atoms with E-state index < -0.39 is 28.1 Å². The Kier molecular flexibility index (Phi) is 3.94. The Morgan fingerprint density at radius 1 is 1.08 bits per heavy atom. The number of primary amides is 1. The minimum Gasteiger partial charge on any atom is -0.383 e. The lowest BCUT2D eigenvalue weighted by atomic mass is 9.97. The number of esters is 1. The third-order valence-corrected chi connectivity index (χ3v) is 3.75. The molecule has 25 heavy (non-hydrogen) atoms. The topological polar surface area (TPSA) is 125 Å². The molecule has 1 atom stereocenters. The SMILES string of the molecule is NC(=O)C1=C(Nc2ccccc2)C(c2ccccc2)([N+](=O)[O-])OC1=O. The molecule has 8 nitrogen and oxygen atoms in total. The Labute approximate surface area is 142 Å². The fourth-order valence-corrected chi connectivity index (χ4v) is 2.65. The number of nitrogens with zero attached hydrogens (tertiary/aromatic N) is 1. The molecule has 0 saturated carbocycles. The van der Waals surface area contributed by atoms with Gasteiger partial charge in [-0.15, -0.1) is 0 Å². The summed E-state index contributed by atoms with van der Waals surface area (Å²) in [4.78, 5) is 35.1. The number of nitrogens with two attached hydrogens (primary N) is 1. The van der Waals surface area contributed by atoms with E-state index >= 15 is 0 Å². The average molecular weight is 339 g/mol. The molecule has 1 aliphatic rings. The molecule has 0 spiro atoms. The first kappa shape index (κ1) is 16.2. The Hall–Kier alpha value is -3.68. The van der Waals surface area contributed by atoms with Crippen LogP contribution in [0.25, 0.3) is 0 Å². The van der Waals surface area contributed by atoms with Gasteiger partial charge < -0.3 is 15.8 Å². The maximum Gasteiger partial charge on any atom is 0.435 e. The van der Waals surface area contributed by atoms with Crippen molar-refractivity contribution in [2.45, 2.75) is 5.72 Å². The van der Waals surface area contributed by atoms with Gasteiger partial charge in [0, 0.05) is 5.69 Å². The molecule has 1 unspecified atom stereocenters. The standard InChI is InChI=1S/C17H13N3O5/c18-15(21)13-14(19-12-9-5-2-6-10-12)17(20(23)24,25-16(13)22)11-7-3-1-4-8-11/h1-10,19H,(H2,18,21). The minimum absolute atomic E-state index is 0.0861. The zero-order valence-corrected chi connectivity index (χ0v) is 12.8. The molecular weight excluding hydrogens is 326 g/mol. The summed E-state index contributed by atoms with van der Waals surface area (Å²) in [7, 11) is 0. The smallest absolute Gasteiger partial charge is 0.383 e. The average Bonchev–Trinajstić information content (AvgIpc) is 2.90. The van der Waals surface area contributed by atoms with Crippen LogP contribution in [0.5, 0.6) is 0 Å². The number of nitrogens with one attached hydrogen (secondary N) is 1. The van der Waals surface area contributed by atoms with Crippen molar-refractivity contribution in [3.05, 3.63) is 87.6 Å². The molecule has 0 aromatic heterocycles. The van der Waals surface area contributed by atoms with Gasteiger partial charge in [-0.2, -0.15) is 0 Å². The molecule has 1 aliphatic heterocycles. The highest BCUT2D eigenvalue weighted by Crippen LogP contribution is 2.42. The summed E-state index contributed by atoms with van der Waals surface area (Å²) in [6, 6.07) is 16.1. The first-order valence-electron chi connectivity index (χ1n) is 7.27. The largest absolute Gasteiger partial charge is 0.435 e. The Bertz CT molecular complexity index is 880. The van der Waals surface area contributed by atoms with Crippen molar-refractivity contribution in [3.63, 3.8) is 0 Å². The van der Waals surface area contributed by atoms with E-state index in [1.165, 1.54) is 12.1 Å². The lowest BCUT2D eigenvalue weighted by Crippen LogP contribution is -2.40. The third kappa shape index (κ3) is 2.59. The minimum atomic E-state index is -2.38. The molecule has 2 aromatic rings. The molecule has 0 saturated heterocycles. The number of amides is 1. The number of hydrogen-bond donors (Lipinski definition) is 2. The Morgan fingerprint density at radius 3 is 2.16 bits per heavy atom. The molecule has 3 rings (SSSR count). The third-order valence-electron chi connectivity index (χ3n) is 3.75. The second-order valence-corrected chi connectivity index (χ2v) is 5.26. The number of rotatable bonds is 5. The predicted molar refractivity (Wildman–Crippen MR) is 87.5 cm³/mol. The lowest BCUT2D eigenvalue weighted by molar-refractivity contribution is -0.616. The van der Waals surface area contributed by atoms with Crippen molar-refractivity contribution in [1.82, 2.24) is 0 Å². The number of anilines is 1. The van der Waals surface area contributed by atoms with E-state index in [1.807, 2.05) is 0 Å². The number of ether oxygens (including phenoxy) is 1. The summed E-state index contributed by atoms with van der Waals surface area (Å²) in [5.41, 5.74) is 2.53. The molecule has 0 radical (unpaired) electrons. The van der Waals surface area contributed by atoms with Gasteiger partial charge in [0.15, 0.2) is 11.3 Å². The number of nitro groups is 1. The predicted octanol–water partition coefficient (Wildman–Crippen LogP) is 1.52. The first-order chi connectivity index (χ1) is 12.0. The molecular formula is C17H13N3O5. The summed E-state index contributed by atoms with van der Waals surface area (Å²) in [6.45, 7) is 0. The van der Waals surface area contributed by atoms with E-state index in [-0.39, 0.29) is 11.3 Å². The number of carbonyl (C=O) groups is 2. The van der Waals surface area contributed by atoms with Gasteiger partial charge in [0.1, 0.15) is 0 Å². The molecule has 8 heteroatoms. The molecule has 0 aliphatic carbocycles. The normalized spacial score (nSPS) is 19.4. The molecule has 2 aromatic carbocycles. The van der Waals surface area contributed by atoms with E-state index in [2.05, 4.69) is 5.32 Å². The van der Waals surface area contributed by atoms with E-state index in [0.717, 1.165) is 0 Å². The van der Waals surface area contributed by atoms with Gasteiger partial charge in [0.25, 0.3) is 5.91 Å². The molecule has 0 bridgehead atoms. The van der Waals surface area contributed by atoms with Gasteiger partial charge >= 0.3 is 11.7 Å². The van der Waals surface area contributed by atoms with Crippen LogP contribution in [0.4, 0.5) is 5.69 Å². The maximum absolute atomic E-state index is 12.2. The number of cyclic esters (lactones) is 1. The van der Waals surface area contributed by atoms with Crippen LogP contribution in [0.3, 0.4) is 0 Å². The number of hydrogen-bond acceptors (Lipinski definition) is 6. The number of para-hydroxylation sites is 1. The van der Waals surface area contributed by atoms with Crippen LogP contribution in [0, 0.1) is 10.1 Å². The van der Waals surface area contributed by atoms with Crippen LogP contribution >= 0.6 is 0 Å². The van der Waals surface area contributed by atoms with Gasteiger partial charge in [-0.3, -0.25) is 14.9 Å². The lowest BCUT2D eigenvalue weighted by Gasteiger charge is -2.23. The van der Waals surface area contributed by atoms with E-state index in [0.29, 0.717) is 5.69 Å². The van der Waals surface area contributed by atoms with Crippen LogP contribution in [0.15, 0.2) is 71.9 Å². The number of carbonyl (C=O) groups excluding carboxylic acids is 2. The van der Waals surface area contributed by atoms with E-state index in [9.17, 15) is 19.7 Å². The van der Waals surface area contributed by atoms with Crippen LogP contribution in [0.2, 0.25) is 0 Å². The second kappa shape index (κ2) is 6.08. The van der Waals surface area contributed by atoms with Crippen LogP contribution in [-0.4, -0.2) is 16.8 Å². The van der Waals surface area contributed by atoms with E-state index in [4.69, 9.17) is 10.5 Å². The van der Waals surface area contributed by atoms with Gasteiger partial charge in [-0.25, -0.2) is 4.79 Å². The Morgan fingerprint density at radius 2 is 1.64 bits per heavy atom. The summed E-state index contributed by atoms with van der Waals surface area (Å²) < 4.78 is 5.08. The second-order valence-electron chi connectivity index (χ2n) is 5.26. The molecule has 0 fully saturated rings. The van der Waals surface area contributed by atoms with Crippen molar-refractivity contribution in [2.24, 2.45) is 5.73 Å². The Balaban J connectivity index is 2.25. The fraction of sp³-hybridized carbons (Fsp3) is 0.0588. The first-order valence-corrected chi connectivity index (χ1v) is 7.27. The summed E-state index contributed by atoms with van der Waals surface area (Å²) in [6.07, 6.45) is 0. The van der Waals surface area contributed by atoms with Gasteiger partial charge in [0.2, 0.25) is 0 Å². The van der Waals surface area contributed by atoms with Gasteiger partial charge in [-0.1, -0.05) is 36.4 Å². The van der Waals surface area contributed by atoms with Crippen molar-refractivity contribution < 1.29 is 19.2 Å². The summed E-state index contributed by atoms with van der Waals surface area (Å²) in [5, 5.41) is 14.7. The monoisotopic (exact) mass is 339 g/mol.